The predicted molar refractivity (Wildman–Crippen MR) is 99.3 cm³/mol. The maximum atomic E-state index is 12.9. The first kappa shape index (κ1) is 19.1. The lowest BCUT2D eigenvalue weighted by atomic mass is 9.84. The van der Waals surface area contributed by atoms with Crippen LogP contribution >= 0.6 is 11.3 Å². The van der Waals surface area contributed by atoms with Crippen molar-refractivity contribution in [3.63, 3.8) is 0 Å². The average Bonchev–Trinajstić information content (AvgIpc) is 3.01. The molecular formula is C19H27F2N3O2S. The second-order valence-electron chi connectivity index (χ2n) is 8.17. The summed E-state index contributed by atoms with van der Waals surface area (Å²) in [6, 6.07) is 0.361. The molecule has 8 heteroatoms. The molecule has 0 spiro atoms. The van der Waals surface area contributed by atoms with Crippen LogP contribution in [-0.4, -0.2) is 47.5 Å². The molecule has 1 N–H and O–H groups in total. The van der Waals surface area contributed by atoms with Gasteiger partial charge in [-0.1, -0.05) is 11.3 Å². The van der Waals surface area contributed by atoms with Gasteiger partial charge < -0.3 is 10.1 Å². The third-order valence-corrected chi connectivity index (χ3v) is 7.16. The lowest BCUT2D eigenvalue weighted by Crippen LogP contribution is -2.43. The van der Waals surface area contributed by atoms with E-state index in [4.69, 9.17) is 4.74 Å². The number of carbonyl (C=O) groups excluding carboxylic acids is 1. The van der Waals surface area contributed by atoms with Crippen molar-refractivity contribution in [1.82, 2.24) is 15.2 Å². The summed E-state index contributed by atoms with van der Waals surface area (Å²) in [5.41, 5.74) is 1.06. The molecule has 2 saturated carbocycles. The number of hydrogen-bond donors (Lipinski definition) is 1. The summed E-state index contributed by atoms with van der Waals surface area (Å²) in [7, 11) is 0. The van der Waals surface area contributed by atoms with Gasteiger partial charge in [0.1, 0.15) is 6.10 Å². The van der Waals surface area contributed by atoms with Gasteiger partial charge in [-0.15, -0.1) is 0 Å². The molecule has 1 aromatic heterocycles. The summed E-state index contributed by atoms with van der Waals surface area (Å²) in [6.45, 7) is 2.93. The van der Waals surface area contributed by atoms with Crippen LogP contribution in [0.15, 0.2) is 0 Å². The SMILES string of the molecule is O=CNC1CCC(CCN2CCc3sc(OC4CC(F)(F)C4)nc3C2)CC1. The zero-order chi connectivity index (χ0) is 18.9. The van der Waals surface area contributed by atoms with E-state index in [9.17, 15) is 13.6 Å². The average molecular weight is 400 g/mol. The van der Waals surface area contributed by atoms with Crippen LogP contribution in [0.4, 0.5) is 8.78 Å². The van der Waals surface area contributed by atoms with Gasteiger partial charge >= 0.3 is 0 Å². The molecule has 27 heavy (non-hydrogen) atoms. The molecular weight excluding hydrogens is 372 g/mol. The second-order valence-corrected chi connectivity index (χ2v) is 9.22. The van der Waals surface area contributed by atoms with Crippen LogP contribution in [0.25, 0.3) is 0 Å². The van der Waals surface area contributed by atoms with Gasteiger partial charge in [0.2, 0.25) is 6.41 Å². The summed E-state index contributed by atoms with van der Waals surface area (Å²) in [4.78, 5) is 18.8. The molecule has 0 radical (unpaired) electrons. The number of thiazole rings is 1. The fraction of sp³-hybridized carbons (Fsp3) is 0.789. The first-order chi connectivity index (χ1) is 13.0. The Morgan fingerprint density at radius 2 is 2.07 bits per heavy atom. The maximum absolute atomic E-state index is 12.9. The van der Waals surface area contributed by atoms with Crippen LogP contribution in [0.3, 0.4) is 0 Å². The number of nitrogens with zero attached hydrogens (tertiary/aromatic N) is 2. The van der Waals surface area contributed by atoms with E-state index in [2.05, 4.69) is 15.2 Å². The molecule has 0 bridgehead atoms. The van der Waals surface area contributed by atoms with Gasteiger partial charge in [0.25, 0.3) is 11.1 Å². The number of rotatable bonds is 7. The molecule has 2 fully saturated rings. The predicted octanol–water partition coefficient (Wildman–Crippen LogP) is 3.37. The first-order valence-electron chi connectivity index (χ1n) is 9.96. The quantitative estimate of drug-likeness (QED) is 0.715. The van der Waals surface area contributed by atoms with Gasteiger partial charge in [-0.05, 0) is 51.0 Å². The lowest BCUT2D eigenvalue weighted by molar-refractivity contribution is -0.134. The van der Waals surface area contributed by atoms with E-state index in [0.717, 1.165) is 56.9 Å². The zero-order valence-electron chi connectivity index (χ0n) is 15.5. The van der Waals surface area contributed by atoms with E-state index < -0.39 is 5.92 Å². The van der Waals surface area contributed by atoms with Crippen molar-refractivity contribution in [2.75, 3.05) is 13.1 Å². The van der Waals surface area contributed by atoms with Crippen LogP contribution in [0.1, 0.15) is 55.5 Å². The molecule has 0 saturated heterocycles. The molecule has 5 nitrogen and oxygen atoms in total. The topological polar surface area (TPSA) is 54.5 Å². The molecule has 1 aliphatic heterocycles. The fourth-order valence-electron chi connectivity index (χ4n) is 4.38. The van der Waals surface area contributed by atoms with Gasteiger partial charge in [-0.3, -0.25) is 9.69 Å². The summed E-state index contributed by atoms with van der Waals surface area (Å²) in [5, 5.41) is 3.46. The Morgan fingerprint density at radius 1 is 1.30 bits per heavy atom. The van der Waals surface area contributed by atoms with Gasteiger partial charge in [0.15, 0.2) is 0 Å². The standard InChI is InChI=1S/C19H27F2N3O2S/c20-19(21)9-15(10-19)26-18-23-16-11-24(8-6-17(16)27-18)7-5-13-1-3-14(4-2-13)22-12-25/h12-15H,1-11H2,(H,22,25). The Balaban J connectivity index is 1.21. The number of nitrogens with one attached hydrogen (secondary N) is 1. The minimum atomic E-state index is -2.55. The minimum Gasteiger partial charge on any atom is -0.466 e. The lowest BCUT2D eigenvalue weighted by Gasteiger charge is -2.33. The summed E-state index contributed by atoms with van der Waals surface area (Å²) < 4.78 is 31.5. The fourth-order valence-corrected chi connectivity index (χ4v) is 5.35. The Bertz CT molecular complexity index is 653. The summed E-state index contributed by atoms with van der Waals surface area (Å²) in [5.74, 6) is -1.81. The van der Waals surface area contributed by atoms with Crippen molar-refractivity contribution >= 4 is 17.7 Å². The molecule has 3 aliphatic rings. The largest absolute Gasteiger partial charge is 0.466 e. The van der Waals surface area contributed by atoms with Crippen LogP contribution in [0.5, 0.6) is 5.19 Å². The van der Waals surface area contributed by atoms with Crippen LogP contribution < -0.4 is 10.1 Å². The maximum Gasteiger partial charge on any atom is 0.273 e. The van der Waals surface area contributed by atoms with E-state index in [1.807, 2.05) is 0 Å². The second kappa shape index (κ2) is 7.99. The number of fused-ring (bicyclic) bond motifs is 1. The van der Waals surface area contributed by atoms with E-state index >= 15 is 0 Å². The van der Waals surface area contributed by atoms with Crippen LogP contribution in [0, 0.1) is 5.92 Å². The number of aromatic nitrogens is 1. The minimum absolute atomic E-state index is 0.187. The van der Waals surface area contributed by atoms with E-state index in [1.165, 1.54) is 35.5 Å². The number of hydrogen-bond acceptors (Lipinski definition) is 5. The molecule has 2 heterocycles. The normalized spacial score (nSPS) is 28.2. The molecule has 0 aromatic carbocycles. The van der Waals surface area contributed by atoms with Crippen LogP contribution in [0.2, 0.25) is 0 Å². The molecule has 150 valence electrons. The van der Waals surface area contributed by atoms with Gasteiger partial charge in [0, 0.05) is 36.9 Å². The third kappa shape index (κ3) is 4.77. The highest BCUT2D eigenvalue weighted by Gasteiger charge is 2.47. The summed E-state index contributed by atoms with van der Waals surface area (Å²) >= 11 is 1.53. The molecule has 1 aromatic rings. The molecule has 1 amide bonds. The first-order valence-corrected chi connectivity index (χ1v) is 10.8. The highest BCUT2D eigenvalue weighted by Crippen LogP contribution is 2.41. The van der Waals surface area contributed by atoms with E-state index in [-0.39, 0.29) is 18.9 Å². The van der Waals surface area contributed by atoms with E-state index in [0.29, 0.717) is 11.2 Å². The Labute approximate surface area is 162 Å². The van der Waals surface area contributed by atoms with Gasteiger partial charge in [-0.2, -0.15) is 0 Å². The Kier molecular flexibility index (Phi) is 5.64. The molecule has 0 unspecified atom stereocenters. The molecule has 0 atom stereocenters. The number of ether oxygens (including phenoxy) is 1. The van der Waals surface area contributed by atoms with Crippen molar-refractivity contribution in [2.45, 2.75) is 76.0 Å². The van der Waals surface area contributed by atoms with Crippen molar-refractivity contribution in [3.05, 3.63) is 10.6 Å². The zero-order valence-corrected chi connectivity index (χ0v) is 16.3. The van der Waals surface area contributed by atoms with Crippen molar-refractivity contribution in [3.8, 4) is 5.19 Å². The smallest absolute Gasteiger partial charge is 0.273 e. The highest BCUT2D eigenvalue weighted by molar-refractivity contribution is 7.13. The number of carbonyl (C=O) groups is 1. The third-order valence-electron chi connectivity index (χ3n) is 6.11. The Hall–Kier alpha value is -1.28. The number of alkyl halides is 2. The van der Waals surface area contributed by atoms with Crippen molar-refractivity contribution in [1.29, 1.82) is 0 Å². The van der Waals surface area contributed by atoms with Crippen molar-refractivity contribution in [2.24, 2.45) is 5.92 Å². The highest BCUT2D eigenvalue weighted by atomic mass is 32.1. The molecule has 2 aliphatic carbocycles. The number of amides is 1. The number of halogens is 2. The van der Waals surface area contributed by atoms with Crippen molar-refractivity contribution < 1.29 is 18.3 Å². The summed E-state index contributed by atoms with van der Waals surface area (Å²) in [6.07, 6.45) is 6.76. The molecule has 4 rings (SSSR count). The Morgan fingerprint density at radius 3 is 2.78 bits per heavy atom. The van der Waals surface area contributed by atoms with Crippen LogP contribution in [-0.2, 0) is 17.8 Å². The van der Waals surface area contributed by atoms with Gasteiger partial charge in [0.05, 0.1) is 5.69 Å². The monoisotopic (exact) mass is 399 g/mol. The van der Waals surface area contributed by atoms with E-state index in [1.54, 1.807) is 0 Å². The van der Waals surface area contributed by atoms with Gasteiger partial charge in [-0.25, -0.2) is 13.8 Å².